The molecule has 1 aromatic carbocycles. The van der Waals surface area contributed by atoms with Crippen LogP contribution in [0.4, 0.5) is 0 Å². The van der Waals surface area contributed by atoms with Crippen LogP contribution in [-0.4, -0.2) is 7.11 Å². The Labute approximate surface area is 87.5 Å². The third-order valence-electron chi connectivity index (χ3n) is 1.89. The second kappa shape index (κ2) is 4.47. The molecule has 0 amide bonds. The first-order chi connectivity index (χ1) is 6.19. The fourth-order valence-corrected chi connectivity index (χ4v) is 1.46. The molecule has 0 aromatic heterocycles. The maximum atomic E-state index is 5.23. The van der Waals surface area contributed by atoms with Crippen molar-refractivity contribution in [3.63, 3.8) is 0 Å². The van der Waals surface area contributed by atoms with E-state index < -0.39 is 0 Å². The molecule has 0 atom stereocenters. The van der Waals surface area contributed by atoms with E-state index in [4.69, 9.17) is 4.74 Å². The van der Waals surface area contributed by atoms with Crippen LogP contribution in [0, 0.1) is 5.92 Å². The minimum atomic E-state index is 0.876. The van der Waals surface area contributed by atoms with E-state index in [0.29, 0.717) is 0 Å². The number of methoxy groups -OCH3 is 1. The van der Waals surface area contributed by atoms with Gasteiger partial charge in [-0.1, -0.05) is 28.9 Å². The molecule has 0 spiro atoms. The Bertz CT molecular complexity index is 307. The van der Waals surface area contributed by atoms with E-state index in [1.165, 1.54) is 0 Å². The molecular formula is C11H12BrO. The van der Waals surface area contributed by atoms with E-state index in [9.17, 15) is 0 Å². The molecule has 2 heteroatoms. The third kappa shape index (κ3) is 2.34. The number of benzene rings is 1. The highest BCUT2D eigenvalue weighted by Crippen LogP contribution is 2.29. The van der Waals surface area contributed by atoms with Gasteiger partial charge in [0.2, 0.25) is 0 Å². The number of ether oxygens (including phenoxy) is 1. The lowest BCUT2D eigenvalue weighted by Crippen LogP contribution is -1.95. The molecule has 0 unspecified atom stereocenters. The summed E-state index contributed by atoms with van der Waals surface area (Å²) in [7, 11) is 1.67. The molecule has 0 N–H and O–H groups in total. The Morgan fingerprint density at radius 3 is 2.77 bits per heavy atom. The number of rotatable bonds is 3. The Kier molecular flexibility index (Phi) is 3.55. The van der Waals surface area contributed by atoms with Gasteiger partial charge < -0.3 is 4.74 Å². The van der Waals surface area contributed by atoms with E-state index in [1.807, 2.05) is 31.2 Å². The molecule has 0 aliphatic rings. The van der Waals surface area contributed by atoms with E-state index in [2.05, 4.69) is 22.5 Å². The van der Waals surface area contributed by atoms with Crippen LogP contribution in [0.2, 0.25) is 0 Å². The molecule has 1 nitrogen and oxygen atoms in total. The van der Waals surface area contributed by atoms with Crippen molar-refractivity contribution in [2.75, 3.05) is 7.11 Å². The number of allylic oxidation sites excluding steroid dienone is 1. The van der Waals surface area contributed by atoms with Crippen LogP contribution in [0.1, 0.15) is 12.5 Å². The highest BCUT2D eigenvalue weighted by molar-refractivity contribution is 9.10. The van der Waals surface area contributed by atoms with E-state index in [1.54, 1.807) is 7.11 Å². The summed E-state index contributed by atoms with van der Waals surface area (Å²) in [5, 5.41) is 0. The fourth-order valence-electron chi connectivity index (χ4n) is 1.10. The van der Waals surface area contributed by atoms with E-state index >= 15 is 0 Å². The summed E-state index contributed by atoms with van der Waals surface area (Å²) in [6.45, 7) is 5.75. The Morgan fingerprint density at radius 2 is 2.23 bits per heavy atom. The zero-order chi connectivity index (χ0) is 9.84. The van der Waals surface area contributed by atoms with Crippen molar-refractivity contribution in [1.82, 2.24) is 0 Å². The van der Waals surface area contributed by atoms with Crippen molar-refractivity contribution in [2.24, 2.45) is 0 Å². The van der Waals surface area contributed by atoms with Crippen LogP contribution in [0.5, 0.6) is 5.75 Å². The van der Waals surface area contributed by atoms with Gasteiger partial charge in [-0.2, -0.15) is 0 Å². The van der Waals surface area contributed by atoms with Gasteiger partial charge in [-0.05, 0) is 18.2 Å². The minimum Gasteiger partial charge on any atom is -0.496 e. The quantitative estimate of drug-likeness (QED) is 0.784. The molecular weight excluding hydrogens is 228 g/mol. The van der Waals surface area contributed by atoms with Gasteiger partial charge in [0, 0.05) is 16.0 Å². The molecule has 1 radical (unpaired) electrons. The standard InChI is InChI=1S/C11H12BrO/c1-4-8(2)10-7-9(12)5-6-11(10)13-3/h4-7H,1H2,2-3H3. The van der Waals surface area contributed by atoms with Gasteiger partial charge >= 0.3 is 0 Å². The summed E-state index contributed by atoms with van der Waals surface area (Å²) in [6.07, 6.45) is 1.82. The summed E-state index contributed by atoms with van der Waals surface area (Å²) in [5.74, 6) is 1.98. The largest absolute Gasteiger partial charge is 0.496 e. The molecule has 1 rings (SSSR count). The SMILES string of the molecule is C=C[C](C)c1cc(Br)ccc1OC. The lowest BCUT2D eigenvalue weighted by molar-refractivity contribution is 0.411. The number of hydrogen-bond acceptors (Lipinski definition) is 1. The molecule has 0 heterocycles. The van der Waals surface area contributed by atoms with Gasteiger partial charge in [0.05, 0.1) is 7.11 Å². The maximum absolute atomic E-state index is 5.23. The van der Waals surface area contributed by atoms with Gasteiger partial charge in [-0.15, -0.1) is 6.58 Å². The summed E-state index contributed by atoms with van der Waals surface area (Å²) >= 11 is 3.42. The molecule has 0 aliphatic carbocycles. The molecule has 0 fully saturated rings. The smallest absolute Gasteiger partial charge is 0.123 e. The van der Waals surface area contributed by atoms with Crippen LogP contribution >= 0.6 is 15.9 Å². The lowest BCUT2D eigenvalue weighted by Gasteiger charge is -2.11. The second-order valence-electron chi connectivity index (χ2n) is 2.73. The van der Waals surface area contributed by atoms with Gasteiger partial charge in [-0.3, -0.25) is 0 Å². The molecule has 0 saturated heterocycles. The average Bonchev–Trinajstić information content (AvgIpc) is 2.16. The zero-order valence-electron chi connectivity index (χ0n) is 7.80. The minimum absolute atomic E-state index is 0.876. The first-order valence-corrected chi connectivity index (χ1v) is 4.78. The van der Waals surface area contributed by atoms with Crippen LogP contribution < -0.4 is 4.74 Å². The van der Waals surface area contributed by atoms with Gasteiger partial charge in [0.15, 0.2) is 0 Å². The monoisotopic (exact) mass is 239 g/mol. The highest BCUT2D eigenvalue weighted by Gasteiger charge is 2.08. The van der Waals surface area contributed by atoms with Crippen LogP contribution in [0.15, 0.2) is 35.3 Å². The summed E-state index contributed by atoms with van der Waals surface area (Å²) in [4.78, 5) is 0. The number of hydrogen-bond donors (Lipinski definition) is 0. The Balaban J connectivity index is 3.14. The Morgan fingerprint density at radius 1 is 1.54 bits per heavy atom. The zero-order valence-corrected chi connectivity index (χ0v) is 9.39. The lowest BCUT2D eigenvalue weighted by atomic mass is 10.0. The topological polar surface area (TPSA) is 9.23 Å². The molecule has 69 valence electrons. The van der Waals surface area contributed by atoms with Gasteiger partial charge in [0.1, 0.15) is 5.75 Å². The predicted octanol–water partition coefficient (Wildman–Crippen LogP) is 3.59. The molecule has 13 heavy (non-hydrogen) atoms. The van der Waals surface area contributed by atoms with Crippen molar-refractivity contribution in [3.8, 4) is 5.75 Å². The van der Waals surface area contributed by atoms with Crippen LogP contribution in [0.25, 0.3) is 0 Å². The summed E-state index contributed by atoms with van der Waals surface area (Å²) in [6, 6.07) is 5.92. The highest BCUT2D eigenvalue weighted by atomic mass is 79.9. The van der Waals surface area contributed by atoms with Crippen molar-refractivity contribution in [1.29, 1.82) is 0 Å². The Hall–Kier alpha value is -0.760. The molecule has 0 aliphatic heterocycles. The van der Waals surface area contributed by atoms with Gasteiger partial charge in [-0.25, -0.2) is 0 Å². The summed E-state index contributed by atoms with van der Waals surface area (Å²) < 4.78 is 6.28. The maximum Gasteiger partial charge on any atom is 0.123 e. The van der Waals surface area contributed by atoms with Crippen molar-refractivity contribution in [2.45, 2.75) is 6.92 Å². The van der Waals surface area contributed by atoms with Crippen molar-refractivity contribution in [3.05, 3.63) is 46.8 Å². The first kappa shape index (κ1) is 10.3. The van der Waals surface area contributed by atoms with E-state index in [0.717, 1.165) is 21.7 Å². The van der Waals surface area contributed by atoms with Crippen LogP contribution in [0.3, 0.4) is 0 Å². The molecule has 0 bridgehead atoms. The van der Waals surface area contributed by atoms with Crippen molar-refractivity contribution >= 4 is 15.9 Å². The van der Waals surface area contributed by atoms with E-state index in [-0.39, 0.29) is 0 Å². The second-order valence-corrected chi connectivity index (χ2v) is 3.65. The predicted molar refractivity (Wildman–Crippen MR) is 58.9 cm³/mol. The molecule has 0 saturated carbocycles. The van der Waals surface area contributed by atoms with Gasteiger partial charge in [0.25, 0.3) is 0 Å². The first-order valence-electron chi connectivity index (χ1n) is 3.99. The fraction of sp³-hybridized carbons (Fsp3) is 0.182. The third-order valence-corrected chi connectivity index (χ3v) is 2.39. The summed E-state index contributed by atoms with van der Waals surface area (Å²) in [5.41, 5.74) is 1.08. The van der Waals surface area contributed by atoms with Crippen molar-refractivity contribution < 1.29 is 4.74 Å². The molecule has 1 aromatic rings. The average molecular weight is 240 g/mol. The number of halogens is 1. The van der Waals surface area contributed by atoms with Crippen LogP contribution in [-0.2, 0) is 0 Å². The normalized spacial score (nSPS) is 10.2.